The van der Waals surface area contributed by atoms with E-state index < -0.39 is 0 Å². The average Bonchev–Trinajstić information content (AvgIpc) is 2.65. The predicted octanol–water partition coefficient (Wildman–Crippen LogP) is 3.71. The van der Waals surface area contributed by atoms with Gasteiger partial charge in [0.2, 0.25) is 5.91 Å². The third-order valence-corrected chi connectivity index (χ3v) is 5.28. The van der Waals surface area contributed by atoms with Crippen molar-refractivity contribution in [2.24, 2.45) is 0 Å². The van der Waals surface area contributed by atoms with Crippen LogP contribution >= 0.6 is 11.8 Å². The minimum atomic E-state index is 0.103. The monoisotopic (exact) mass is 338 g/mol. The smallest absolute Gasteiger partial charge is 0.246 e. The molecule has 2 aliphatic heterocycles. The fourth-order valence-electron chi connectivity index (χ4n) is 2.94. The summed E-state index contributed by atoms with van der Waals surface area (Å²) < 4.78 is 0. The number of anilines is 2. The number of nitrogens with zero attached hydrogens (tertiary/aromatic N) is 3. The molecule has 0 aliphatic carbocycles. The first-order chi connectivity index (χ1) is 11.8. The Labute approximate surface area is 145 Å². The molecule has 3 heterocycles. The maximum absolute atomic E-state index is 12.2. The van der Waals surface area contributed by atoms with E-state index in [0.29, 0.717) is 0 Å². The molecule has 1 fully saturated rings. The van der Waals surface area contributed by atoms with Gasteiger partial charge in [0.15, 0.2) is 5.82 Å². The lowest BCUT2D eigenvalue weighted by Crippen LogP contribution is -2.34. The average molecular weight is 338 g/mol. The summed E-state index contributed by atoms with van der Waals surface area (Å²) in [5.74, 6) is 0.881. The number of hydrogen-bond donors (Lipinski definition) is 1. The second kappa shape index (κ2) is 6.65. The van der Waals surface area contributed by atoms with Crippen molar-refractivity contribution in [2.45, 2.75) is 29.2 Å². The number of hydrogen-bond acceptors (Lipinski definition) is 5. The molecule has 24 heavy (non-hydrogen) atoms. The lowest BCUT2D eigenvalue weighted by molar-refractivity contribution is -0.126. The highest BCUT2D eigenvalue weighted by molar-refractivity contribution is 7.99. The third-order valence-electron chi connectivity index (χ3n) is 4.21. The van der Waals surface area contributed by atoms with E-state index >= 15 is 0 Å². The molecule has 2 aromatic rings. The van der Waals surface area contributed by atoms with Gasteiger partial charge in [0, 0.05) is 36.5 Å². The molecule has 2 aliphatic rings. The molecular formula is C18H18N4OS. The molecule has 0 bridgehead atoms. The minimum absolute atomic E-state index is 0.103. The highest BCUT2D eigenvalue weighted by Gasteiger charge is 2.17. The van der Waals surface area contributed by atoms with Crippen LogP contribution in [0.2, 0.25) is 0 Å². The number of fused-ring (bicyclic) bond motifs is 2. The van der Waals surface area contributed by atoms with E-state index in [9.17, 15) is 4.79 Å². The van der Waals surface area contributed by atoms with Crippen LogP contribution in [0.4, 0.5) is 11.5 Å². The molecule has 1 amide bonds. The van der Waals surface area contributed by atoms with Gasteiger partial charge in [-0.05, 0) is 43.0 Å². The van der Waals surface area contributed by atoms with Gasteiger partial charge in [0.25, 0.3) is 0 Å². The Morgan fingerprint density at radius 2 is 2.00 bits per heavy atom. The molecule has 0 saturated carbocycles. The Hall–Kier alpha value is -2.34. The zero-order valence-corrected chi connectivity index (χ0v) is 14.1. The van der Waals surface area contributed by atoms with Gasteiger partial charge >= 0.3 is 0 Å². The van der Waals surface area contributed by atoms with Crippen molar-refractivity contribution in [3.63, 3.8) is 0 Å². The summed E-state index contributed by atoms with van der Waals surface area (Å²) in [7, 11) is 0. The van der Waals surface area contributed by atoms with Crippen LogP contribution in [0.15, 0.2) is 46.6 Å². The number of rotatable bonds is 2. The van der Waals surface area contributed by atoms with E-state index in [1.807, 2.05) is 23.1 Å². The first-order valence-corrected chi connectivity index (χ1v) is 8.98. The number of amides is 1. The Kier molecular flexibility index (Phi) is 4.21. The quantitative estimate of drug-likeness (QED) is 0.722. The summed E-state index contributed by atoms with van der Waals surface area (Å²) in [6, 6.07) is 6.12. The molecule has 6 heteroatoms. The first-order valence-electron chi connectivity index (χ1n) is 8.16. The van der Waals surface area contributed by atoms with Crippen molar-refractivity contribution in [1.82, 2.24) is 14.9 Å². The predicted molar refractivity (Wildman–Crippen MR) is 95.3 cm³/mol. The van der Waals surface area contributed by atoms with E-state index in [1.54, 1.807) is 30.2 Å². The van der Waals surface area contributed by atoms with Crippen molar-refractivity contribution < 1.29 is 4.79 Å². The van der Waals surface area contributed by atoms with E-state index in [0.717, 1.165) is 52.9 Å². The van der Waals surface area contributed by atoms with Gasteiger partial charge in [-0.1, -0.05) is 17.8 Å². The van der Waals surface area contributed by atoms with Gasteiger partial charge in [0.1, 0.15) is 5.03 Å². The van der Waals surface area contributed by atoms with Crippen molar-refractivity contribution in [1.29, 1.82) is 0 Å². The van der Waals surface area contributed by atoms with Crippen LogP contribution in [-0.2, 0) is 4.79 Å². The number of benzene rings is 1. The normalized spacial score (nSPS) is 16.4. The second-order valence-corrected chi connectivity index (χ2v) is 6.94. The number of carbonyl (C=O) groups excluding carboxylic acids is 1. The van der Waals surface area contributed by atoms with Crippen molar-refractivity contribution >= 4 is 35.3 Å². The summed E-state index contributed by atoms with van der Waals surface area (Å²) in [6.07, 6.45) is 10.4. The largest absolute Gasteiger partial charge is 0.339 e. The molecule has 0 unspecified atom stereocenters. The molecule has 4 rings (SSSR count). The van der Waals surface area contributed by atoms with Crippen LogP contribution in [0.5, 0.6) is 0 Å². The summed E-state index contributed by atoms with van der Waals surface area (Å²) in [5, 5.41) is 4.19. The molecule has 122 valence electrons. The summed E-state index contributed by atoms with van der Waals surface area (Å²) in [6.45, 7) is 1.75. The van der Waals surface area contributed by atoms with E-state index in [4.69, 9.17) is 0 Å². The van der Waals surface area contributed by atoms with E-state index in [1.165, 1.54) is 6.42 Å². The van der Waals surface area contributed by atoms with Crippen LogP contribution in [0.25, 0.3) is 6.08 Å². The van der Waals surface area contributed by atoms with Crippen LogP contribution in [-0.4, -0.2) is 33.9 Å². The molecule has 5 nitrogen and oxygen atoms in total. The highest BCUT2D eigenvalue weighted by atomic mass is 32.2. The van der Waals surface area contributed by atoms with Crippen molar-refractivity contribution in [3.05, 3.63) is 42.2 Å². The van der Waals surface area contributed by atoms with E-state index in [-0.39, 0.29) is 5.91 Å². The maximum Gasteiger partial charge on any atom is 0.246 e. The van der Waals surface area contributed by atoms with Gasteiger partial charge in [-0.15, -0.1) is 0 Å². The van der Waals surface area contributed by atoms with Crippen molar-refractivity contribution in [3.8, 4) is 0 Å². The lowest BCUT2D eigenvalue weighted by atomic mass is 10.1. The van der Waals surface area contributed by atoms with Gasteiger partial charge in [-0.3, -0.25) is 4.79 Å². The number of piperidine rings is 1. The zero-order valence-electron chi connectivity index (χ0n) is 13.2. The topological polar surface area (TPSA) is 58.1 Å². The number of carbonyl (C=O) groups is 1. The Morgan fingerprint density at radius 1 is 1.17 bits per heavy atom. The second-order valence-electron chi connectivity index (χ2n) is 5.91. The van der Waals surface area contributed by atoms with Crippen LogP contribution in [0, 0.1) is 0 Å². The molecule has 1 aromatic heterocycles. The van der Waals surface area contributed by atoms with Gasteiger partial charge in [-0.2, -0.15) is 0 Å². The maximum atomic E-state index is 12.2. The highest BCUT2D eigenvalue weighted by Crippen LogP contribution is 2.42. The van der Waals surface area contributed by atoms with Crippen LogP contribution in [0.3, 0.4) is 0 Å². The minimum Gasteiger partial charge on any atom is -0.339 e. The van der Waals surface area contributed by atoms with Crippen molar-refractivity contribution in [2.75, 3.05) is 18.4 Å². The van der Waals surface area contributed by atoms with Crippen LogP contribution < -0.4 is 5.32 Å². The van der Waals surface area contributed by atoms with E-state index in [2.05, 4.69) is 21.4 Å². The first kappa shape index (κ1) is 15.2. The van der Waals surface area contributed by atoms with Gasteiger partial charge in [0.05, 0.1) is 5.69 Å². The fraction of sp³-hybridized carbons (Fsp3) is 0.278. The molecular weight excluding hydrogens is 320 g/mol. The molecule has 1 saturated heterocycles. The molecule has 1 N–H and O–H groups in total. The summed E-state index contributed by atoms with van der Waals surface area (Å²) >= 11 is 1.60. The number of likely N-dealkylation sites (tertiary alicyclic amines) is 1. The fourth-order valence-corrected chi connectivity index (χ4v) is 3.82. The SMILES string of the molecule is O=C(C=Cc1ccc2c(c1)Nc1nccnc1S2)N1CCCCC1. The Morgan fingerprint density at radius 3 is 2.88 bits per heavy atom. The lowest BCUT2D eigenvalue weighted by Gasteiger charge is -2.25. The standard InChI is InChI=1S/C18H18N4OS/c23-16(22-10-2-1-3-11-22)7-5-13-4-6-15-14(12-13)21-17-18(24-15)20-9-8-19-17/h4-9,12H,1-3,10-11H2,(H,19,21). The molecule has 0 spiro atoms. The molecule has 0 radical (unpaired) electrons. The third kappa shape index (κ3) is 3.14. The molecule has 1 aromatic carbocycles. The zero-order chi connectivity index (χ0) is 16.4. The number of aromatic nitrogens is 2. The Bertz CT molecular complexity index is 799. The number of nitrogens with one attached hydrogen (secondary N) is 1. The molecule has 0 atom stereocenters. The van der Waals surface area contributed by atoms with Gasteiger partial charge < -0.3 is 10.2 Å². The van der Waals surface area contributed by atoms with Crippen LogP contribution in [0.1, 0.15) is 24.8 Å². The summed E-state index contributed by atoms with van der Waals surface area (Å²) in [5.41, 5.74) is 2.00. The van der Waals surface area contributed by atoms with Gasteiger partial charge in [-0.25, -0.2) is 9.97 Å². The Balaban J connectivity index is 1.50. The summed E-state index contributed by atoms with van der Waals surface area (Å²) in [4.78, 5) is 23.9.